The van der Waals surface area contributed by atoms with Gasteiger partial charge in [0.2, 0.25) is 11.8 Å². The molecule has 3 rings (SSSR count). The molecule has 9 nitrogen and oxygen atoms in total. The molecule has 3 N–H and O–H groups in total. The van der Waals surface area contributed by atoms with Crippen molar-refractivity contribution in [2.45, 2.75) is 19.9 Å². The SMILES string of the molecule is Cc1nc(NCC(=O)N2CCOCC2)c2c(n1)NC(C)C(=O)N2. The molecule has 23 heavy (non-hydrogen) atoms. The van der Waals surface area contributed by atoms with E-state index in [0.29, 0.717) is 49.5 Å². The summed E-state index contributed by atoms with van der Waals surface area (Å²) in [6.45, 7) is 5.93. The highest BCUT2D eigenvalue weighted by Crippen LogP contribution is 2.31. The third kappa shape index (κ3) is 3.34. The lowest BCUT2D eigenvalue weighted by atomic mass is 10.2. The molecule has 9 heteroatoms. The Hall–Kier alpha value is -2.42. The van der Waals surface area contributed by atoms with Gasteiger partial charge in [-0.25, -0.2) is 9.97 Å². The summed E-state index contributed by atoms with van der Waals surface area (Å²) in [7, 11) is 0. The summed E-state index contributed by atoms with van der Waals surface area (Å²) in [5, 5.41) is 8.81. The number of carbonyl (C=O) groups excluding carboxylic acids is 2. The van der Waals surface area contributed by atoms with Crippen LogP contribution in [0.3, 0.4) is 0 Å². The number of aryl methyl sites for hydroxylation is 1. The highest BCUT2D eigenvalue weighted by Gasteiger charge is 2.26. The Bertz CT molecular complexity index is 629. The predicted molar refractivity (Wildman–Crippen MR) is 84.4 cm³/mol. The zero-order valence-electron chi connectivity index (χ0n) is 13.2. The number of nitrogens with zero attached hydrogens (tertiary/aromatic N) is 3. The van der Waals surface area contributed by atoms with Crippen LogP contribution in [0.15, 0.2) is 0 Å². The number of amides is 2. The van der Waals surface area contributed by atoms with Crippen molar-refractivity contribution in [3.63, 3.8) is 0 Å². The number of carbonyl (C=O) groups is 2. The van der Waals surface area contributed by atoms with Gasteiger partial charge >= 0.3 is 0 Å². The number of anilines is 3. The third-order valence-corrected chi connectivity index (χ3v) is 3.79. The maximum atomic E-state index is 12.2. The number of nitrogens with one attached hydrogen (secondary N) is 3. The van der Waals surface area contributed by atoms with E-state index in [1.807, 2.05) is 0 Å². The van der Waals surface area contributed by atoms with Crippen molar-refractivity contribution >= 4 is 29.1 Å². The van der Waals surface area contributed by atoms with Gasteiger partial charge < -0.3 is 25.6 Å². The van der Waals surface area contributed by atoms with E-state index in [1.165, 1.54) is 0 Å². The van der Waals surface area contributed by atoms with Crippen LogP contribution in [0, 0.1) is 6.92 Å². The van der Waals surface area contributed by atoms with E-state index in [9.17, 15) is 9.59 Å². The summed E-state index contributed by atoms with van der Waals surface area (Å²) in [6, 6.07) is -0.361. The first-order chi connectivity index (χ1) is 11.0. The van der Waals surface area contributed by atoms with Gasteiger partial charge in [0, 0.05) is 13.1 Å². The molecule has 0 aromatic carbocycles. The number of rotatable bonds is 3. The molecule has 0 saturated carbocycles. The van der Waals surface area contributed by atoms with Gasteiger partial charge in [-0.15, -0.1) is 0 Å². The molecule has 0 bridgehead atoms. The van der Waals surface area contributed by atoms with Crippen molar-refractivity contribution in [2.75, 3.05) is 48.8 Å². The van der Waals surface area contributed by atoms with Crippen molar-refractivity contribution in [3.05, 3.63) is 5.82 Å². The van der Waals surface area contributed by atoms with E-state index >= 15 is 0 Å². The summed E-state index contributed by atoms with van der Waals surface area (Å²) in [5.74, 6) is 1.38. The number of ether oxygens (including phenoxy) is 1. The van der Waals surface area contributed by atoms with Crippen LogP contribution in [0.4, 0.5) is 17.3 Å². The number of morpholine rings is 1. The number of hydrogen-bond donors (Lipinski definition) is 3. The lowest BCUT2D eigenvalue weighted by molar-refractivity contribution is -0.133. The molecule has 1 unspecified atom stereocenters. The Labute approximate surface area is 133 Å². The van der Waals surface area contributed by atoms with Gasteiger partial charge in [-0.1, -0.05) is 0 Å². The second-order valence-corrected chi connectivity index (χ2v) is 5.55. The van der Waals surface area contributed by atoms with Gasteiger partial charge in [0.1, 0.15) is 17.6 Å². The van der Waals surface area contributed by atoms with Crippen molar-refractivity contribution in [3.8, 4) is 0 Å². The predicted octanol–water partition coefficient (Wildman–Crippen LogP) is -0.192. The smallest absolute Gasteiger partial charge is 0.246 e. The maximum absolute atomic E-state index is 12.2. The van der Waals surface area contributed by atoms with Crippen LogP contribution in [0.1, 0.15) is 12.7 Å². The standard InChI is InChI=1S/C14H20N6O3/c1-8-14(22)19-11-12(17-9(2)18-13(11)16-8)15-7-10(21)20-3-5-23-6-4-20/h8H,3-7H2,1-2H3,(H,19,22)(H2,15,16,17,18). The fourth-order valence-electron chi connectivity index (χ4n) is 2.51. The summed E-state index contributed by atoms with van der Waals surface area (Å²) in [5.41, 5.74) is 0.480. The van der Waals surface area contributed by atoms with E-state index in [2.05, 4.69) is 25.9 Å². The Kier molecular flexibility index (Phi) is 4.28. The molecule has 1 aromatic heterocycles. The van der Waals surface area contributed by atoms with Crippen LogP contribution in [0.2, 0.25) is 0 Å². The first kappa shape index (κ1) is 15.5. The molecule has 0 spiro atoms. The van der Waals surface area contributed by atoms with Gasteiger partial charge in [0.05, 0.1) is 19.8 Å². The lowest BCUT2D eigenvalue weighted by Crippen LogP contribution is -2.43. The van der Waals surface area contributed by atoms with Gasteiger partial charge in [-0.2, -0.15) is 0 Å². The Morgan fingerprint density at radius 2 is 2.13 bits per heavy atom. The first-order valence-corrected chi connectivity index (χ1v) is 7.60. The number of hydrogen-bond acceptors (Lipinski definition) is 7. The zero-order valence-corrected chi connectivity index (χ0v) is 13.2. The van der Waals surface area contributed by atoms with Crippen LogP contribution in [-0.2, 0) is 14.3 Å². The van der Waals surface area contributed by atoms with E-state index in [-0.39, 0.29) is 24.4 Å². The third-order valence-electron chi connectivity index (χ3n) is 3.79. The number of fused-ring (bicyclic) bond motifs is 1. The molecular weight excluding hydrogens is 300 g/mol. The van der Waals surface area contributed by atoms with Crippen molar-refractivity contribution in [2.24, 2.45) is 0 Å². The summed E-state index contributed by atoms with van der Waals surface area (Å²) < 4.78 is 5.23. The normalized spacial score (nSPS) is 20.3. The monoisotopic (exact) mass is 320 g/mol. The van der Waals surface area contributed by atoms with Crippen molar-refractivity contribution in [1.29, 1.82) is 0 Å². The molecule has 2 aliphatic rings. The van der Waals surface area contributed by atoms with E-state index in [4.69, 9.17) is 4.74 Å². The quantitative estimate of drug-likeness (QED) is 0.708. The molecule has 124 valence electrons. The molecule has 3 heterocycles. The van der Waals surface area contributed by atoms with E-state index in [0.717, 1.165) is 0 Å². The van der Waals surface area contributed by atoms with Gasteiger partial charge in [0.15, 0.2) is 11.6 Å². The molecule has 2 aliphatic heterocycles. The minimum atomic E-state index is -0.361. The molecule has 1 saturated heterocycles. The molecule has 0 radical (unpaired) electrons. The van der Waals surface area contributed by atoms with Crippen LogP contribution in [0.5, 0.6) is 0 Å². The van der Waals surface area contributed by atoms with Crippen LogP contribution < -0.4 is 16.0 Å². The average molecular weight is 320 g/mol. The molecule has 1 aromatic rings. The molecule has 1 atom stereocenters. The fraction of sp³-hybridized carbons (Fsp3) is 0.571. The van der Waals surface area contributed by atoms with Crippen LogP contribution >= 0.6 is 0 Å². The van der Waals surface area contributed by atoms with Gasteiger partial charge in [0.25, 0.3) is 0 Å². The highest BCUT2D eigenvalue weighted by atomic mass is 16.5. The molecular formula is C14H20N6O3. The number of aromatic nitrogens is 2. The van der Waals surface area contributed by atoms with Gasteiger partial charge in [-0.05, 0) is 13.8 Å². The summed E-state index contributed by atoms with van der Waals surface area (Å²) in [4.78, 5) is 34.4. The minimum Gasteiger partial charge on any atom is -0.378 e. The highest BCUT2D eigenvalue weighted by molar-refractivity contribution is 6.04. The van der Waals surface area contributed by atoms with E-state index < -0.39 is 0 Å². The lowest BCUT2D eigenvalue weighted by Gasteiger charge is -2.28. The average Bonchev–Trinajstić information content (AvgIpc) is 2.55. The fourth-order valence-corrected chi connectivity index (χ4v) is 2.51. The van der Waals surface area contributed by atoms with E-state index in [1.54, 1.807) is 18.7 Å². The maximum Gasteiger partial charge on any atom is 0.246 e. The molecule has 0 aliphatic carbocycles. The topological polar surface area (TPSA) is 108 Å². The van der Waals surface area contributed by atoms with Crippen molar-refractivity contribution in [1.82, 2.24) is 14.9 Å². The largest absolute Gasteiger partial charge is 0.378 e. The Morgan fingerprint density at radius 3 is 2.87 bits per heavy atom. The van der Waals surface area contributed by atoms with Crippen LogP contribution in [-0.4, -0.2) is 65.6 Å². The zero-order chi connectivity index (χ0) is 16.4. The van der Waals surface area contributed by atoms with Crippen LogP contribution in [0.25, 0.3) is 0 Å². The Morgan fingerprint density at radius 1 is 1.39 bits per heavy atom. The summed E-state index contributed by atoms with van der Waals surface area (Å²) >= 11 is 0. The van der Waals surface area contributed by atoms with Gasteiger partial charge in [-0.3, -0.25) is 9.59 Å². The minimum absolute atomic E-state index is 0.0261. The molecule has 2 amide bonds. The summed E-state index contributed by atoms with van der Waals surface area (Å²) in [6.07, 6.45) is 0. The Balaban J connectivity index is 1.72. The first-order valence-electron chi connectivity index (χ1n) is 7.60. The molecule has 1 fully saturated rings. The second kappa shape index (κ2) is 6.37. The van der Waals surface area contributed by atoms with Crippen molar-refractivity contribution < 1.29 is 14.3 Å². The second-order valence-electron chi connectivity index (χ2n) is 5.55.